The number of aromatic nitrogens is 1. The highest BCUT2D eigenvalue weighted by Gasteiger charge is 2.24. The average molecular weight is 428 g/mol. The summed E-state index contributed by atoms with van der Waals surface area (Å²) in [5.74, 6) is -2.34. The molecular weight excluding hydrogens is 404 g/mol. The van der Waals surface area contributed by atoms with Crippen LogP contribution in [-0.2, 0) is 16.0 Å². The average Bonchev–Trinajstić information content (AvgIpc) is 3.11. The molecule has 2 aromatic rings. The van der Waals surface area contributed by atoms with Crippen molar-refractivity contribution in [1.82, 2.24) is 15.2 Å². The van der Waals surface area contributed by atoms with Crippen LogP contribution in [0.15, 0.2) is 35.3 Å². The highest BCUT2D eigenvalue weighted by Crippen LogP contribution is 2.31. The first-order valence-electron chi connectivity index (χ1n) is 9.76. The van der Waals surface area contributed by atoms with Crippen LogP contribution in [0.1, 0.15) is 46.2 Å². The lowest BCUT2D eigenvalue weighted by Gasteiger charge is -2.28. The molecule has 0 saturated heterocycles. The number of amides is 1. The maximum absolute atomic E-state index is 12.3. The number of carboxylic acids is 2. The number of carbonyl (C=O) groups is 3. The van der Waals surface area contributed by atoms with Crippen molar-refractivity contribution in [3.05, 3.63) is 52.7 Å². The first kappa shape index (κ1) is 22.0. The fourth-order valence-corrected chi connectivity index (χ4v) is 3.30. The van der Waals surface area contributed by atoms with E-state index in [4.69, 9.17) is 10.2 Å². The van der Waals surface area contributed by atoms with Crippen molar-refractivity contribution in [2.45, 2.75) is 38.5 Å². The lowest BCUT2D eigenvalue weighted by molar-refractivity contribution is -0.140. The van der Waals surface area contributed by atoms with Crippen LogP contribution < -0.4 is 5.32 Å². The molecule has 164 valence electrons. The molecule has 1 aromatic heterocycles. The topological polar surface area (TPSA) is 155 Å². The number of hydrogen-bond donors (Lipinski definition) is 5. The summed E-state index contributed by atoms with van der Waals surface area (Å²) in [6.45, 7) is 2.41. The van der Waals surface area contributed by atoms with Gasteiger partial charge in [-0.25, -0.2) is 9.79 Å². The van der Waals surface area contributed by atoms with E-state index in [2.05, 4.69) is 15.3 Å². The van der Waals surface area contributed by atoms with E-state index in [-0.39, 0.29) is 18.4 Å². The molecular formula is C21H24N4O6. The molecule has 1 unspecified atom stereocenters. The molecule has 1 aliphatic heterocycles. The molecule has 0 fully saturated rings. The zero-order chi connectivity index (χ0) is 22.5. The van der Waals surface area contributed by atoms with Gasteiger partial charge in [0.1, 0.15) is 11.9 Å². The van der Waals surface area contributed by atoms with E-state index >= 15 is 0 Å². The maximum Gasteiger partial charge on any atom is 0.326 e. The van der Waals surface area contributed by atoms with E-state index in [0.717, 1.165) is 16.8 Å². The summed E-state index contributed by atoms with van der Waals surface area (Å²) < 4.78 is 0. The van der Waals surface area contributed by atoms with Crippen LogP contribution >= 0.6 is 0 Å². The number of aliphatic imine (C=N–C) groups is 1. The van der Waals surface area contributed by atoms with E-state index in [9.17, 15) is 19.5 Å². The molecule has 1 aliphatic rings. The van der Waals surface area contributed by atoms with Crippen molar-refractivity contribution in [2.24, 2.45) is 4.99 Å². The Morgan fingerprint density at radius 1 is 1.23 bits per heavy atom. The second-order valence-corrected chi connectivity index (χ2v) is 7.36. The number of nitrogens with one attached hydrogen (secondary N) is 2. The van der Waals surface area contributed by atoms with Gasteiger partial charge in [0, 0.05) is 29.8 Å². The lowest BCUT2D eigenvalue weighted by atomic mass is 10.1. The van der Waals surface area contributed by atoms with Crippen molar-refractivity contribution in [1.29, 1.82) is 0 Å². The zero-order valence-corrected chi connectivity index (χ0v) is 16.9. The van der Waals surface area contributed by atoms with Crippen LogP contribution in [0.2, 0.25) is 0 Å². The SMILES string of the molecule is Cc1cc2c([nH]1)N=CN(CCc1ccc(C(=O)N[C@@H](CCC(=O)O)C(=O)O)cc1)C2O. The van der Waals surface area contributed by atoms with Gasteiger partial charge in [0.15, 0.2) is 6.23 Å². The number of fused-ring (bicyclic) bond motifs is 1. The molecule has 2 heterocycles. The molecule has 10 heteroatoms. The van der Waals surface area contributed by atoms with Crippen LogP contribution in [0, 0.1) is 6.92 Å². The first-order valence-corrected chi connectivity index (χ1v) is 9.76. The van der Waals surface area contributed by atoms with E-state index in [1.807, 2.05) is 13.0 Å². The van der Waals surface area contributed by atoms with Crippen LogP contribution in [0.4, 0.5) is 5.82 Å². The fourth-order valence-electron chi connectivity index (χ4n) is 3.30. The summed E-state index contributed by atoms with van der Waals surface area (Å²) in [5.41, 5.74) is 2.85. The van der Waals surface area contributed by atoms with Gasteiger partial charge in [-0.15, -0.1) is 0 Å². The van der Waals surface area contributed by atoms with Crippen molar-refractivity contribution < 1.29 is 29.7 Å². The second-order valence-electron chi connectivity index (χ2n) is 7.36. The van der Waals surface area contributed by atoms with Crippen LogP contribution in [-0.4, -0.2) is 62.0 Å². The van der Waals surface area contributed by atoms with E-state index in [0.29, 0.717) is 18.8 Å². The van der Waals surface area contributed by atoms with Gasteiger partial charge < -0.3 is 30.5 Å². The van der Waals surface area contributed by atoms with E-state index in [1.54, 1.807) is 35.5 Å². The summed E-state index contributed by atoms with van der Waals surface area (Å²) in [7, 11) is 0. The second kappa shape index (κ2) is 9.43. The van der Waals surface area contributed by atoms with Crippen molar-refractivity contribution >= 4 is 30.0 Å². The van der Waals surface area contributed by atoms with Crippen LogP contribution in [0.5, 0.6) is 0 Å². The Morgan fingerprint density at radius 2 is 1.94 bits per heavy atom. The van der Waals surface area contributed by atoms with Gasteiger partial charge in [0.25, 0.3) is 5.91 Å². The molecule has 5 N–H and O–H groups in total. The Hall–Kier alpha value is -3.66. The quantitative estimate of drug-likeness (QED) is 0.406. The number of carbonyl (C=O) groups excluding carboxylic acids is 1. The number of rotatable bonds is 9. The monoisotopic (exact) mass is 428 g/mol. The molecule has 0 spiro atoms. The number of nitrogens with zero attached hydrogens (tertiary/aromatic N) is 2. The minimum atomic E-state index is -1.28. The summed E-state index contributed by atoms with van der Waals surface area (Å²) in [4.78, 5) is 43.3. The smallest absolute Gasteiger partial charge is 0.326 e. The zero-order valence-electron chi connectivity index (χ0n) is 16.9. The first-order chi connectivity index (χ1) is 14.7. The lowest BCUT2D eigenvalue weighted by Crippen LogP contribution is -2.41. The van der Waals surface area contributed by atoms with Gasteiger partial charge in [-0.05, 0) is 43.5 Å². The predicted octanol–water partition coefficient (Wildman–Crippen LogP) is 1.58. The van der Waals surface area contributed by atoms with Crippen molar-refractivity contribution in [3.63, 3.8) is 0 Å². The number of aliphatic carboxylic acids is 2. The normalized spacial score (nSPS) is 15.9. The molecule has 10 nitrogen and oxygen atoms in total. The Labute approximate surface area is 178 Å². The molecule has 1 aromatic carbocycles. The number of H-pyrrole nitrogens is 1. The number of hydrogen-bond acceptors (Lipinski definition) is 6. The third-order valence-electron chi connectivity index (χ3n) is 5.01. The number of aryl methyl sites for hydroxylation is 1. The fraction of sp³-hybridized carbons (Fsp3) is 0.333. The third-order valence-corrected chi connectivity index (χ3v) is 5.01. The predicted molar refractivity (Wildman–Crippen MR) is 111 cm³/mol. The third kappa shape index (κ3) is 5.48. The molecule has 3 rings (SSSR count). The molecule has 0 saturated carbocycles. The minimum Gasteiger partial charge on any atom is -0.481 e. The summed E-state index contributed by atoms with van der Waals surface area (Å²) in [6.07, 6.45) is 0.845. The van der Waals surface area contributed by atoms with Gasteiger partial charge >= 0.3 is 11.9 Å². The molecule has 1 amide bonds. The van der Waals surface area contributed by atoms with E-state index in [1.165, 1.54) is 0 Å². The number of aliphatic hydroxyl groups is 1. The molecule has 2 atom stereocenters. The largest absolute Gasteiger partial charge is 0.481 e. The maximum atomic E-state index is 12.3. The van der Waals surface area contributed by atoms with Gasteiger partial charge in [-0.1, -0.05) is 12.1 Å². The van der Waals surface area contributed by atoms with Crippen LogP contribution in [0.3, 0.4) is 0 Å². The van der Waals surface area contributed by atoms with Crippen molar-refractivity contribution in [2.75, 3.05) is 6.54 Å². The van der Waals surface area contributed by atoms with Gasteiger partial charge in [0.05, 0.1) is 6.34 Å². The molecule has 0 bridgehead atoms. The standard InChI is InChI=1S/C21H24N4O6/c1-12-10-15-18(23-12)22-11-25(20(15)29)9-8-13-2-4-14(5-3-13)19(28)24-16(21(30)31)6-7-17(26)27/h2-5,10-11,16,20,23,29H,6-9H2,1H3,(H,24,28)(H,26,27)(H,30,31)/t16-,20?/m0/s1. The number of aliphatic hydroxyl groups excluding tert-OH is 1. The molecule has 0 radical (unpaired) electrons. The Morgan fingerprint density at radius 3 is 2.58 bits per heavy atom. The van der Waals surface area contributed by atoms with Crippen LogP contribution in [0.25, 0.3) is 0 Å². The minimum absolute atomic E-state index is 0.198. The number of carboxylic acid groups (broad SMARTS) is 2. The Kier molecular flexibility index (Phi) is 6.71. The van der Waals surface area contributed by atoms with Gasteiger partial charge in [-0.2, -0.15) is 0 Å². The summed E-state index contributed by atoms with van der Waals surface area (Å²) in [5, 5.41) is 30.7. The summed E-state index contributed by atoms with van der Waals surface area (Å²) >= 11 is 0. The highest BCUT2D eigenvalue weighted by molar-refractivity contribution is 5.96. The number of benzene rings is 1. The highest BCUT2D eigenvalue weighted by atomic mass is 16.4. The van der Waals surface area contributed by atoms with Crippen molar-refractivity contribution in [3.8, 4) is 0 Å². The Bertz CT molecular complexity index is 998. The molecule has 0 aliphatic carbocycles. The molecule has 31 heavy (non-hydrogen) atoms. The van der Waals surface area contributed by atoms with E-state index < -0.39 is 30.1 Å². The van der Waals surface area contributed by atoms with Gasteiger partial charge in [0.2, 0.25) is 0 Å². The number of aromatic amines is 1. The van der Waals surface area contributed by atoms with Gasteiger partial charge in [-0.3, -0.25) is 9.59 Å². The summed E-state index contributed by atoms with van der Waals surface area (Å²) in [6, 6.07) is 7.25. The Balaban J connectivity index is 1.55.